The van der Waals surface area contributed by atoms with E-state index in [1.54, 1.807) is 0 Å². The summed E-state index contributed by atoms with van der Waals surface area (Å²) in [5, 5.41) is 2.89. The molecule has 1 rings (SSSR count). The van der Waals surface area contributed by atoms with E-state index in [1.165, 1.54) is 0 Å². The molecule has 0 saturated heterocycles. The van der Waals surface area contributed by atoms with Crippen molar-refractivity contribution >= 4 is 5.91 Å². The van der Waals surface area contributed by atoms with E-state index in [9.17, 15) is 4.79 Å². The molecule has 0 aliphatic rings. The van der Waals surface area contributed by atoms with Gasteiger partial charge < -0.3 is 15.8 Å². The first-order valence-electron chi connectivity index (χ1n) is 6.89. The lowest BCUT2D eigenvalue weighted by Crippen LogP contribution is -2.38. The maximum Gasteiger partial charge on any atom is 0.261 e. The lowest BCUT2D eigenvalue weighted by atomic mass is 10.2. The SMILES string of the molecule is CCC(Oc1ccccc1C)C(=O)NCCCCN. The number of unbranched alkanes of at least 4 members (excludes halogenated alkanes) is 1. The number of hydrogen-bond donors (Lipinski definition) is 2. The normalized spacial score (nSPS) is 11.9. The molecule has 0 saturated carbocycles. The lowest BCUT2D eigenvalue weighted by molar-refractivity contribution is -0.128. The quantitative estimate of drug-likeness (QED) is 0.706. The molecule has 0 radical (unpaired) electrons. The molecule has 0 heterocycles. The zero-order valence-electron chi connectivity index (χ0n) is 11.8. The van der Waals surface area contributed by atoms with Crippen molar-refractivity contribution in [2.75, 3.05) is 13.1 Å². The summed E-state index contributed by atoms with van der Waals surface area (Å²) in [5.74, 6) is 0.717. The molecular weight excluding hydrogens is 240 g/mol. The van der Waals surface area contributed by atoms with Crippen LogP contribution in [-0.4, -0.2) is 25.1 Å². The van der Waals surface area contributed by atoms with Gasteiger partial charge in [-0.25, -0.2) is 0 Å². The van der Waals surface area contributed by atoms with E-state index in [4.69, 9.17) is 10.5 Å². The monoisotopic (exact) mass is 264 g/mol. The van der Waals surface area contributed by atoms with Crippen molar-refractivity contribution in [2.24, 2.45) is 5.73 Å². The van der Waals surface area contributed by atoms with E-state index in [0.717, 1.165) is 24.2 Å². The van der Waals surface area contributed by atoms with Crippen molar-refractivity contribution in [3.8, 4) is 5.75 Å². The molecule has 0 aliphatic heterocycles. The van der Waals surface area contributed by atoms with Gasteiger partial charge in [-0.3, -0.25) is 4.79 Å². The number of carbonyl (C=O) groups is 1. The maximum absolute atomic E-state index is 12.0. The fourth-order valence-corrected chi connectivity index (χ4v) is 1.76. The Morgan fingerprint density at radius 3 is 2.74 bits per heavy atom. The van der Waals surface area contributed by atoms with Gasteiger partial charge in [0.05, 0.1) is 0 Å². The summed E-state index contributed by atoms with van der Waals surface area (Å²) in [6, 6.07) is 7.73. The minimum Gasteiger partial charge on any atom is -0.480 e. The second-order valence-corrected chi connectivity index (χ2v) is 4.57. The van der Waals surface area contributed by atoms with Gasteiger partial charge in [0, 0.05) is 6.54 Å². The molecule has 0 bridgehead atoms. The average molecular weight is 264 g/mol. The van der Waals surface area contributed by atoms with Gasteiger partial charge in [0.2, 0.25) is 0 Å². The van der Waals surface area contributed by atoms with Crippen molar-refractivity contribution in [3.05, 3.63) is 29.8 Å². The predicted molar refractivity (Wildman–Crippen MR) is 77.2 cm³/mol. The van der Waals surface area contributed by atoms with E-state index >= 15 is 0 Å². The van der Waals surface area contributed by atoms with Gasteiger partial charge in [-0.05, 0) is 44.4 Å². The van der Waals surface area contributed by atoms with Crippen LogP contribution in [0.1, 0.15) is 31.7 Å². The van der Waals surface area contributed by atoms with E-state index in [-0.39, 0.29) is 5.91 Å². The number of aryl methyl sites for hydroxylation is 1. The molecule has 4 heteroatoms. The maximum atomic E-state index is 12.0. The molecule has 0 aromatic heterocycles. The van der Waals surface area contributed by atoms with E-state index in [0.29, 0.717) is 19.5 Å². The van der Waals surface area contributed by atoms with Gasteiger partial charge in [-0.15, -0.1) is 0 Å². The molecular formula is C15H24N2O2. The first-order valence-corrected chi connectivity index (χ1v) is 6.89. The van der Waals surface area contributed by atoms with Crippen LogP contribution in [0, 0.1) is 6.92 Å². The third-order valence-corrected chi connectivity index (χ3v) is 2.96. The predicted octanol–water partition coefficient (Wildman–Crippen LogP) is 2.01. The smallest absolute Gasteiger partial charge is 0.261 e. The molecule has 1 atom stereocenters. The number of hydrogen-bond acceptors (Lipinski definition) is 3. The third kappa shape index (κ3) is 5.30. The summed E-state index contributed by atoms with van der Waals surface area (Å²) < 4.78 is 5.78. The number of ether oxygens (including phenoxy) is 1. The van der Waals surface area contributed by atoms with Crippen molar-refractivity contribution in [3.63, 3.8) is 0 Å². The lowest BCUT2D eigenvalue weighted by Gasteiger charge is -2.18. The van der Waals surface area contributed by atoms with E-state index < -0.39 is 6.10 Å². The molecule has 0 spiro atoms. The fraction of sp³-hybridized carbons (Fsp3) is 0.533. The Labute approximate surface area is 115 Å². The highest BCUT2D eigenvalue weighted by atomic mass is 16.5. The highest BCUT2D eigenvalue weighted by Gasteiger charge is 2.18. The molecule has 19 heavy (non-hydrogen) atoms. The standard InChI is InChI=1S/C15H24N2O2/c1-3-13(15(18)17-11-7-6-10-16)19-14-9-5-4-8-12(14)2/h4-5,8-9,13H,3,6-7,10-11,16H2,1-2H3,(H,17,18). The van der Waals surface area contributed by atoms with Crippen LogP contribution >= 0.6 is 0 Å². The van der Waals surface area contributed by atoms with E-state index in [1.807, 2.05) is 38.1 Å². The molecule has 1 aromatic rings. The van der Waals surface area contributed by atoms with Crippen LogP contribution in [0.25, 0.3) is 0 Å². The summed E-state index contributed by atoms with van der Waals surface area (Å²) in [7, 11) is 0. The molecule has 3 N–H and O–H groups in total. The largest absolute Gasteiger partial charge is 0.480 e. The summed E-state index contributed by atoms with van der Waals surface area (Å²) in [6.07, 6.45) is 2.05. The zero-order chi connectivity index (χ0) is 14.1. The fourth-order valence-electron chi connectivity index (χ4n) is 1.76. The Bertz CT molecular complexity index is 393. The second kappa shape index (κ2) is 8.53. The molecule has 1 aromatic carbocycles. The van der Waals surface area contributed by atoms with Crippen LogP contribution in [0.15, 0.2) is 24.3 Å². The Morgan fingerprint density at radius 1 is 1.37 bits per heavy atom. The van der Waals surface area contributed by atoms with Crippen LogP contribution in [0.4, 0.5) is 0 Å². The van der Waals surface area contributed by atoms with Gasteiger partial charge >= 0.3 is 0 Å². The van der Waals surface area contributed by atoms with Crippen molar-refractivity contribution in [1.82, 2.24) is 5.32 Å². The number of amides is 1. The number of carbonyl (C=O) groups excluding carboxylic acids is 1. The first-order chi connectivity index (χ1) is 9.19. The molecule has 106 valence electrons. The topological polar surface area (TPSA) is 64.3 Å². The highest BCUT2D eigenvalue weighted by Crippen LogP contribution is 2.18. The average Bonchev–Trinajstić information content (AvgIpc) is 2.42. The summed E-state index contributed by atoms with van der Waals surface area (Å²) in [4.78, 5) is 12.0. The Balaban J connectivity index is 2.48. The van der Waals surface area contributed by atoms with Gasteiger partial charge in [-0.1, -0.05) is 25.1 Å². The third-order valence-electron chi connectivity index (χ3n) is 2.96. The number of rotatable bonds is 8. The van der Waals surface area contributed by atoms with Gasteiger partial charge in [0.1, 0.15) is 5.75 Å². The zero-order valence-corrected chi connectivity index (χ0v) is 11.8. The number of para-hydroxylation sites is 1. The van der Waals surface area contributed by atoms with E-state index in [2.05, 4.69) is 5.32 Å². The number of benzene rings is 1. The summed E-state index contributed by atoms with van der Waals surface area (Å²) >= 11 is 0. The van der Waals surface area contributed by atoms with Crippen LogP contribution < -0.4 is 15.8 Å². The Hall–Kier alpha value is -1.55. The van der Waals surface area contributed by atoms with Crippen molar-refractivity contribution in [2.45, 2.75) is 39.2 Å². The van der Waals surface area contributed by atoms with Gasteiger partial charge in [-0.2, -0.15) is 0 Å². The van der Waals surface area contributed by atoms with Crippen LogP contribution in [-0.2, 0) is 4.79 Å². The van der Waals surface area contributed by atoms with Crippen LogP contribution in [0.2, 0.25) is 0 Å². The molecule has 4 nitrogen and oxygen atoms in total. The number of nitrogens with one attached hydrogen (secondary N) is 1. The molecule has 0 fully saturated rings. The Morgan fingerprint density at radius 2 is 2.11 bits per heavy atom. The minimum atomic E-state index is -0.432. The van der Waals surface area contributed by atoms with Crippen molar-refractivity contribution in [1.29, 1.82) is 0 Å². The molecule has 1 amide bonds. The second-order valence-electron chi connectivity index (χ2n) is 4.57. The minimum absolute atomic E-state index is 0.0530. The molecule has 1 unspecified atom stereocenters. The number of nitrogens with two attached hydrogens (primary N) is 1. The van der Waals surface area contributed by atoms with Crippen molar-refractivity contribution < 1.29 is 9.53 Å². The Kier molecular flexibility index (Phi) is 6.97. The van der Waals surface area contributed by atoms with Crippen LogP contribution in [0.5, 0.6) is 5.75 Å². The molecule has 0 aliphatic carbocycles. The van der Waals surface area contributed by atoms with Crippen LogP contribution in [0.3, 0.4) is 0 Å². The van der Waals surface area contributed by atoms with Gasteiger partial charge in [0.25, 0.3) is 5.91 Å². The van der Waals surface area contributed by atoms with Gasteiger partial charge in [0.15, 0.2) is 6.10 Å². The highest BCUT2D eigenvalue weighted by molar-refractivity contribution is 5.81. The first kappa shape index (κ1) is 15.5. The summed E-state index contributed by atoms with van der Waals surface area (Å²) in [6.45, 7) is 5.24. The summed E-state index contributed by atoms with van der Waals surface area (Å²) in [5.41, 5.74) is 6.45.